The predicted octanol–water partition coefficient (Wildman–Crippen LogP) is 2.63. The molecule has 0 spiro atoms. The number of nitriles is 1. The molecule has 0 aromatic heterocycles. The molecule has 110 valence electrons. The summed E-state index contributed by atoms with van der Waals surface area (Å²) in [5, 5.41) is 8.95. The number of hydrogen-bond acceptors (Lipinski definition) is 3. The number of allylic oxidation sites excluding steroid dienone is 2. The van der Waals surface area contributed by atoms with Gasteiger partial charge < -0.3 is 0 Å². The fourth-order valence-electron chi connectivity index (χ4n) is 4.14. The molecule has 1 aromatic carbocycles. The van der Waals surface area contributed by atoms with Crippen molar-refractivity contribution in [2.45, 2.75) is 19.3 Å². The first-order valence-corrected chi connectivity index (χ1v) is 7.67. The van der Waals surface area contributed by atoms with Crippen molar-refractivity contribution >= 4 is 17.5 Å². The van der Waals surface area contributed by atoms with Crippen molar-refractivity contribution in [3.05, 3.63) is 42.0 Å². The molecule has 0 unspecified atom stereocenters. The first-order chi connectivity index (χ1) is 10.6. The van der Waals surface area contributed by atoms with E-state index in [2.05, 4.69) is 18.2 Å². The highest BCUT2D eigenvalue weighted by Crippen LogP contribution is 2.53. The maximum atomic E-state index is 12.7. The highest BCUT2D eigenvalue weighted by atomic mass is 16.2. The van der Waals surface area contributed by atoms with Crippen molar-refractivity contribution in [1.29, 1.82) is 5.26 Å². The fraction of sp³-hybridized carbons (Fsp3) is 0.389. The van der Waals surface area contributed by atoms with Gasteiger partial charge in [-0.2, -0.15) is 5.26 Å². The molecule has 5 atom stereocenters. The van der Waals surface area contributed by atoms with E-state index in [1.807, 2.05) is 19.1 Å². The van der Waals surface area contributed by atoms with E-state index >= 15 is 0 Å². The number of carbonyl (C=O) groups excluding carboxylic acids is 2. The highest BCUT2D eigenvalue weighted by Gasteiger charge is 2.59. The number of hydrogen-bond donors (Lipinski definition) is 0. The molecule has 1 aromatic rings. The molecule has 4 rings (SSSR count). The molecule has 1 saturated heterocycles. The summed E-state index contributed by atoms with van der Waals surface area (Å²) in [7, 11) is 0. The molecule has 4 heteroatoms. The summed E-state index contributed by atoms with van der Waals surface area (Å²) >= 11 is 0. The Morgan fingerprint density at radius 1 is 1.09 bits per heavy atom. The van der Waals surface area contributed by atoms with Gasteiger partial charge in [-0.3, -0.25) is 14.5 Å². The van der Waals surface area contributed by atoms with Crippen LogP contribution in [-0.2, 0) is 9.59 Å². The Hall–Kier alpha value is -2.41. The molecule has 2 fully saturated rings. The lowest BCUT2D eigenvalue weighted by Gasteiger charge is -2.17. The number of imide groups is 1. The van der Waals surface area contributed by atoms with Crippen molar-refractivity contribution in [2.24, 2.45) is 23.7 Å². The average Bonchev–Trinajstić information content (AvgIpc) is 3.21. The van der Waals surface area contributed by atoms with Gasteiger partial charge in [0.2, 0.25) is 11.8 Å². The minimum atomic E-state index is -0.196. The number of rotatable bonds is 2. The van der Waals surface area contributed by atoms with E-state index in [-0.39, 0.29) is 41.4 Å². The molecule has 2 amide bonds. The summed E-state index contributed by atoms with van der Waals surface area (Å²) in [6, 6.07) is 9.38. The third-order valence-electron chi connectivity index (χ3n) is 5.32. The topological polar surface area (TPSA) is 61.2 Å². The zero-order valence-electron chi connectivity index (χ0n) is 12.3. The summed E-state index contributed by atoms with van der Waals surface area (Å²) in [5.41, 5.74) is 1.52. The Morgan fingerprint density at radius 3 is 2.14 bits per heavy atom. The second-order valence-corrected chi connectivity index (χ2v) is 6.45. The third-order valence-corrected chi connectivity index (χ3v) is 5.32. The molecule has 0 N–H and O–H groups in total. The van der Waals surface area contributed by atoms with E-state index < -0.39 is 0 Å². The Labute approximate surface area is 129 Å². The van der Waals surface area contributed by atoms with Crippen LogP contribution >= 0.6 is 0 Å². The van der Waals surface area contributed by atoms with Crippen LogP contribution in [0.25, 0.3) is 0 Å². The van der Waals surface area contributed by atoms with Crippen LogP contribution < -0.4 is 4.90 Å². The van der Waals surface area contributed by atoms with Gasteiger partial charge in [0, 0.05) is 0 Å². The SMILES string of the molecule is C[C@H](C#N)c1ccc(N2C(=O)[C@@H]3[C@H](C2=O)[C@H]2C=C[C@H]3C2)cc1. The van der Waals surface area contributed by atoms with Crippen LogP contribution in [0.2, 0.25) is 0 Å². The molecule has 3 aliphatic rings. The first kappa shape index (κ1) is 13.3. The van der Waals surface area contributed by atoms with Gasteiger partial charge in [0.05, 0.1) is 29.5 Å². The van der Waals surface area contributed by atoms with Gasteiger partial charge in [0.25, 0.3) is 0 Å². The largest absolute Gasteiger partial charge is 0.274 e. The van der Waals surface area contributed by atoms with Gasteiger partial charge in [-0.15, -0.1) is 0 Å². The van der Waals surface area contributed by atoms with Gasteiger partial charge in [-0.05, 0) is 42.9 Å². The summed E-state index contributed by atoms with van der Waals surface area (Å²) in [6.07, 6.45) is 5.13. The van der Waals surface area contributed by atoms with Gasteiger partial charge >= 0.3 is 0 Å². The maximum absolute atomic E-state index is 12.7. The maximum Gasteiger partial charge on any atom is 0.238 e. The molecule has 2 aliphatic carbocycles. The van der Waals surface area contributed by atoms with E-state index in [1.54, 1.807) is 12.1 Å². The summed E-state index contributed by atoms with van der Waals surface area (Å²) in [6.45, 7) is 1.83. The van der Waals surface area contributed by atoms with E-state index in [4.69, 9.17) is 5.26 Å². The van der Waals surface area contributed by atoms with Crippen molar-refractivity contribution in [2.75, 3.05) is 4.90 Å². The molecule has 1 aliphatic heterocycles. The molecule has 1 saturated carbocycles. The zero-order valence-corrected chi connectivity index (χ0v) is 12.3. The lowest BCUT2D eigenvalue weighted by molar-refractivity contribution is -0.123. The third kappa shape index (κ3) is 1.62. The fourth-order valence-corrected chi connectivity index (χ4v) is 4.14. The molecular formula is C18H16N2O2. The normalized spacial score (nSPS) is 33.2. The molecular weight excluding hydrogens is 276 g/mol. The quantitative estimate of drug-likeness (QED) is 0.622. The number of anilines is 1. The lowest BCUT2D eigenvalue weighted by atomic mass is 9.85. The van der Waals surface area contributed by atoms with Crippen LogP contribution in [0.3, 0.4) is 0 Å². The number of nitrogens with zero attached hydrogens (tertiary/aromatic N) is 2. The van der Waals surface area contributed by atoms with Gasteiger partial charge in [-0.25, -0.2) is 0 Å². The molecule has 22 heavy (non-hydrogen) atoms. The van der Waals surface area contributed by atoms with Crippen LogP contribution in [0, 0.1) is 35.0 Å². The van der Waals surface area contributed by atoms with E-state index in [9.17, 15) is 9.59 Å². The number of fused-ring (bicyclic) bond motifs is 5. The molecule has 4 nitrogen and oxygen atoms in total. The first-order valence-electron chi connectivity index (χ1n) is 7.67. The Kier molecular flexibility index (Phi) is 2.74. The standard InChI is InChI=1S/C18H16N2O2/c1-10(9-19)11-4-6-14(7-5-11)20-17(21)15-12-2-3-13(8-12)16(15)18(20)22/h2-7,10,12-13,15-16H,8H2,1H3/t10-,12+,13+,15-,16+/m1/s1. The predicted molar refractivity (Wildman–Crippen MR) is 80.7 cm³/mol. The van der Waals surface area contributed by atoms with Crippen molar-refractivity contribution in [3.8, 4) is 6.07 Å². The molecule has 2 bridgehead atoms. The smallest absolute Gasteiger partial charge is 0.238 e. The van der Waals surface area contributed by atoms with Gasteiger partial charge in [0.15, 0.2) is 0 Å². The van der Waals surface area contributed by atoms with E-state index in [0.717, 1.165) is 12.0 Å². The van der Waals surface area contributed by atoms with E-state index in [1.165, 1.54) is 4.90 Å². The van der Waals surface area contributed by atoms with E-state index in [0.29, 0.717) is 5.69 Å². The summed E-state index contributed by atoms with van der Waals surface area (Å²) < 4.78 is 0. The molecule has 0 radical (unpaired) electrons. The minimum Gasteiger partial charge on any atom is -0.274 e. The number of amides is 2. The van der Waals surface area contributed by atoms with Gasteiger partial charge in [-0.1, -0.05) is 24.3 Å². The Bertz CT molecular complexity index is 698. The van der Waals surface area contributed by atoms with Crippen LogP contribution in [0.4, 0.5) is 5.69 Å². The van der Waals surface area contributed by atoms with Gasteiger partial charge in [0.1, 0.15) is 0 Å². The average molecular weight is 292 g/mol. The Balaban J connectivity index is 1.66. The summed E-state index contributed by atoms with van der Waals surface area (Å²) in [4.78, 5) is 26.7. The number of benzene rings is 1. The van der Waals surface area contributed by atoms with Crippen molar-refractivity contribution in [3.63, 3.8) is 0 Å². The monoisotopic (exact) mass is 292 g/mol. The second kappa shape index (κ2) is 4.54. The lowest BCUT2D eigenvalue weighted by Crippen LogP contribution is -2.32. The van der Waals surface area contributed by atoms with Crippen molar-refractivity contribution < 1.29 is 9.59 Å². The number of carbonyl (C=O) groups is 2. The highest BCUT2D eigenvalue weighted by molar-refractivity contribution is 6.22. The second-order valence-electron chi connectivity index (χ2n) is 6.45. The van der Waals surface area contributed by atoms with Crippen LogP contribution in [0.15, 0.2) is 36.4 Å². The zero-order chi connectivity index (χ0) is 15.4. The minimum absolute atomic E-state index is 0.0621. The van der Waals surface area contributed by atoms with Crippen LogP contribution in [0.1, 0.15) is 24.8 Å². The molecule has 1 heterocycles. The van der Waals surface area contributed by atoms with Crippen molar-refractivity contribution in [1.82, 2.24) is 0 Å². The Morgan fingerprint density at radius 2 is 1.64 bits per heavy atom. The summed E-state index contributed by atoms with van der Waals surface area (Å²) in [5.74, 6) is -0.191. The van der Waals surface area contributed by atoms with Crippen LogP contribution in [-0.4, -0.2) is 11.8 Å². The van der Waals surface area contributed by atoms with Crippen LogP contribution in [0.5, 0.6) is 0 Å².